The van der Waals surface area contributed by atoms with Crippen LogP contribution in [0.5, 0.6) is 11.5 Å². The summed E-state index contributed by atoms with van der Waals surface area (Å²) in [6.07, 6.45) is 7.09. The fourth-order valence-electron chi connectivity index (χ4n) is 6.08. The number of aryl methyl sites for hydroxylation is 1. The molecule has 0 spiro atoms. The zero-order valence-corrected chi connectivity index (χ0v) is 28.8. The molecule has 4 heterocycles. The van der Waals surface area contributed by atoms with Crippen molar-refractivity contribution >= 4 is 32.9 Å². The molecule has 1 amide bonds. The van der Waals surface area contributed by atoms with Crippen LogP contribution in [0, 0.1) is 12.8 Å². The van der Waals surface area contributed by atoms with Gasteiger partial charge in [-0.15, -0.1) is 0 Å². The number of benzene rings is 2. The summed E-state index contributed by atoms with van der Waals surface area (Å²) in [6, 6.07) is 17.8. The Morgan fingerprint density at radius 1 is 0.939 bits per heavy atom. The van der Waals surface area contributed by atoms with Gasteiger partial charge in [0.25, 0.3) is 10.0 Å². The Balaban J connectivity index is 1.30. The van der Waals surface area contributed by atoms with Gasteiger partial charge in [-0.2, -0.15) is 0 Å². The van der Waals surface area contributed by atoms with E-state index in [0.717, 1.165) is 29.5 Å². The fraction of sp³-hybridized carbons (Fsp3) is 0.316. The summed E-state index contributed by atoms with van der Waals surface area (Å²) in [6.45, 7) is 8.37. The number of amides is 1. The van der Waals surface area contributed by atoms with Gasteiger partial charge in [0, 0.05) is 55.3 Å². The molecule has 11 heteroatoms. The van der Waals surface area contributed by atoms with Crippen molar-refractivity contribution in [2.75, 3.05) is 6.54 Å². The van der Waals surface area contributed by atoms with E-state index < -0.39 is 15.6 Å². The van der Waals surface area contributed by atoms with E-state index in [0.29, 0.717) is 53.2 Å². The van der Waals surface area contributed by atoms with Crippen molar-refractivity contribution in [3.05, 3.63) is 102 Å². The molecule has 49 heavy (non-hydrogen) atoms. The monoisotopic (exact) mass is 678 g/mol. The van der Waals surface area contributed by atoms with Crippen molar-refractivity contribution in [2.45, 2.75) is 70.4 Å². The molecule has 1 aliphatic heterocycles. The molecule has 0 radical (unpaired) electrons. The van der Waals surface area contributed by atoms with E-state index in [1.165, 1.54) is 10.2 Å². The van der Waals surface area contributed by atoms with Gasteiger partial charge in [-0.25, -0.2) is 22.2 Å². The lowest BCUT2D eigenvalue weighted by atomic mass is 9.99. The summed E-state index contributed by atoms with van der Waals surface area (Å²) in [7, 11) is -4.05. The fourth-order valence-corrected chi connectivity index (χ4v) is 7.40. The van der Waals surface area contributed by atoms with E-state index in [2.05, 4.69) is 9.97 Å². The molecule has 7 rings (SSSR count). The topological polar surface area (TPSA) is 121 Å². The largest absolute Gasteiger partial charge is 0.457 e. The van der Waals surface area contributed by atoms with E-state index in [9.17, 15) is 18.0 Å². The van der Waals surface area contributed by atoms with Crippen molar-refractivity contribution in [2.24, 2.45) is 5.92 Å². The van der Waals surface area contributed by atoms with Gasteiger partial charge in [-0.1, -0.05) is 23.8 Å². The van der Waals surface area contributed by atoms with Gasteiger partial charge in [-0.3, -0.25) is 9.78 Å². The van der Waals surface area contributed by atoms with E-state index in [4.69, 9.17) is 9.47 Å². The van der Waals surface area contributed by atoms with Crippen LogP contribution in [0.3, 0.4) is 0 Å². The van der Waals surface area contributed by atoms with Crippen LogP contribution in [0.25, 0.3) is 22.2 Å². The summed E-state index contributed by atoms with van der Waals surface area (Å²) in [5, 5.41) is 0.497. The maximum absolute atomic E-state index is 14.1. The molecule has 5 aromatic rings. The van der Waals surface area contributed by atoms with Crippen LogP contribution < -0.4 is 4.74 Å². The molecule has 0 bridgehead atoms. The number of ether oxygens (including phenoxy) is 2. The first-order valence-corrected chi connectivity index (χ1v) is 17.9. The van der Waals surface area contributed by atoms with Gasteiger partial charge < -0.3 is 14.4 Å². The van der Waals surface area contributed by atoms with Crippen LogP contribution in [0.4, 0.5) is 4.79 Å². The Morgan fingerprint density at radius 3 is 2.43 bits per heavy atom. The van der Waals surface area contributed by atoms with Crippen molar-refractivity contribution in [1.29, 1.82) is 0 Å². The minimum Gasteiger partial charge on any atom is -0.457 e. The SMILES string of the molecule is Cc1ccc(S(=O)(=O)n2cc(-c3ccnc(CC(=O)C4CC4)c3)c3c(Oc4ccc5c(c4)CN(C(=O)OC(C)(C)C)CC5)ccnc32)cc1. The third-order valence-corrected chi connectivity index (χ3v) is 10.4. The minimum atomic E-state index is -4.05. The van der Waals surface area contributed by atoms with Crippen LogP contribution >= 0.6 is 0 Å². The molecular formula is C38H38N4O6S. The zero-order chi connectivity index (χ0) is 34.5. The zero-order valence-electron chi connectivity index (χ0n) is 28.0. The van der Waals surface area contributed by atoms with Crippen LogP contribution in [-0.4, -0.2) is 51.3 Å². The molecule has 1 fully saturated rings. The van der Waals surface area contributed by atoms with E-state index >= 15 is 0 Å². The summed E-state index contributed by atoms with van der Waals surface area (Å²) in [5.74, 6) is 1.20. The van der Waals surface area contributed by atoms with Crippen LogP contribution in [0.1, 0.15) is 56.0 Å². The lowest BCUT2D eigenvalue weighted by Gasteiger charge is -2.31. The molecule has 252 valence electrons. The molecule has 2 aromatic carbocycles. The first-order valence-electron chi connectivity index (χ1n) is 16.4. The number of hydrogen-bond donors (Lipinski definition) is 0. The number of hydrogen-bond acceptors (Lipinski definition) is 8. The number of pyridine rings is 2. The number of Topliss-reactive ketones (excluding diaryl/α,β-unsaturated/α-hetero) is 1. The first-order chi connectivity index (χ1) is 23.4. The molecular weight excluding hydrogens is 641 g/mol. The lowest BCUT2D eigenvalue weighted by molar-refractivity contribution is -0.119. The summed E-state index contributed by atoms with van der Waals surface area (Å²) in [5.41, 5.74) is 4.49. The van der Waals surface area contributed by atoms with Gasteiger partial charge >= 0.3 is 6.09 Å². The highest BCUT2D eigenvalue weighted by Crippen LogP contribution is 2.40. The van der Waals surface area contributed by atoms with E-state index in [-0.39, 0.29) is 34.8 Å². The number of fused-ring (bicyclic) bond motifs is 2. The molecule has 0 atom stereocenters. The van der Waals surface area contributed by atoms with Crippen LogP contribution in [-0.2, 0) is 38.9 Å². The van der Waals surface area contributed by atoms with Gasteiger partial charge in [0.05, 0.1) is 10.3 Å². The maximum Gasteiger partial charge on any atom is 0.410 e. The van der Waals surface area contributed by atoms with E-state index in [1.54, 1.807) is 53.7 Å². The Hall–Kier alpha value is -5.03. The maximum atomic E-state index is 14.1. The highest BCUT2D eigenvalue weighted by molar-refractivity contribution is 7.90. The summed E-state index contributed by atoms with van der Waals surface area (Å²) < 4.78 is 41.5. The second kappa shape index (κ2) is 12.5. The second-order valence-corrected chi connectivity index (χ2v) is 15.6. The van der Waals surface area contributed by atoms with Gasteiger partial charge in [-0.05, 0) is 106 Å². The highest BCUT2D eigenvalue weighted by atomic mass is 32.2. The van der Waals surface area contributed by atoms with Crippen LogP contribution in [0.2, 0.25) is 0 Å². The third-order valence-electron chi connectivity index (χ3n) is 8.78. The van der Waals surface area contributed by atoms with Crippen molar-refractivity contribution in [1.82, 2.24) is 18.8 Å². The van der Waals surface area contributed by atoms with Gasteiger partial charge in [0.2, 0.25) is 0 Å². The van der Waals surface area contributed by atoms with Gasteiger partial charge in [0.15, 0.2) is 5.65 Å². The number of carbonyl (C=O) groups excluding carboxylic acids is 2. The predicted octanol–water partition coefficient (Wildman–Crippen LogP) is 7.25. The smallest absolute Gasteiger partial charge is 0.410 e. The molecule has 0 saturated heterocycles. The van der Waals surface area contributed by atoms with Crippen molar-refractivity contribution < 1.29 is 27.5 Å². The molecule has 2 aliphatic rings. The first kappa shape index (κ1) is 32.5. The molecule has 1 aliphatic carbocycles. The van der Waals surface area contributed by atoms with Gasteiger partial charge in [0.1, 0.15) is 22.9 Å². The normalized spacial score (nSPS) is 14.8. The molecule has 1 saturated carbocycles. The summed E-state index contributed by atoms with van der Waals surface area (Å²) >= 11 is 0. The average molecular weight is 679 g/mol. The second-order valence-electron chi connectivity index (χ2n) is 13.8. The highest BCUT2D eigenvalue weighted by Gasteiger charge is 2.30. The number of carbonyl (C=O) groups is 2. The lowest BCUT2D eigenvalue weighted by Crippen LogP contribution is -2.39. The number of aromatic nitrogens is 3. The number of rotatable bonds is 8. The minimum absolute atomic E-state index is 0.101. The number of ketones is 1. The Bertz CT molecular complexity index is 2200. The molecule has 0 N–H and O–H groups in total. The summed E-state index contributed by atoms with van der Waals surface area (Å²) in [4.78, 5) is 36.3. The molecule has 0 unspecified atom stereocenters. The van der Waals surface area contributed by atoms with Crippen molar-refractivity contribution in [3.8, 4) is 22.6 Å². The number of nitrogens with zero attached hydrogens (tertiary/aromatic N) is 4. The Kier molecular flexibility index (Phi) is 8.26. The molecule has 10 nitrogen and oxygen atoms in total. The van der Waals surface area contributed by atoms with Crippen molar-refractivity contribution in [3.63, 3.8) is 0 Å². The Labute approximate surface area is 285 Å². The average Bonchev–Trinajstić information content (AvgIpc) is 3.84. The standard InChI is InChI=1S/C38H38N4O6S/c1-24-5-11-31(12-6-24)49(45,46)42-23-32(27-13-16-39-29(19-27)21-33(43)26-7-8-26)35-34(14-17-40-36(35)42)47-30-10-9-25-15-18-41(22-28(25)20-30)37(44)48-38(2,3)4/h5-6,9-14,16-17,19-20,23,26H,7-8,15,18,21-22H2,1-4H3. The predicted molar refractivity (Wildman–Crippen MR) is 185 cm³/mol. The Morgan fingerprint density at radius 2 is 1.69 bits per heavy atom. The third kappa shape index (κ3) is 6.80. The van der Waals surface area contributed by atoms with Crippen LogP contribution in [0.15, 0.2) is 84.1 Å². The quantitative estimate of drug-likeness (QED) is 0.168. The van der Waals surface area contributed by atoms with E-state index in [1.807, 2.05) is 52.0 Å². The molecule has 3 aromatic heterocycles.